The quantitative estimate of drug-likeness (QED) is 0.226. The van der Waals surface area contributed by atoms with E-state index in [-0.39, 0.29) is 41.9 Å². The number of aryl methyl sites for hydroxylation is 2. The Morgan fingerprint density at radius 3 is 2.50 bits per heavy atom. The van der Waals surface area contributed by atoms with E-state index in [0.29, 0.717) is 6.61 Å². The SMILES string of the molecule is CCCOCC(=O)OCC(N)=NC(Cc1cc(C)ccc1C)=Nc1ccc(S(N)(=O)=O)cc1F. The molecule has 0 saturated heterocycles. The molecule has 0 aliphatic carbocycles. The Hall–Kier alpha value is -3.15. The first-order valence-corrected chi connectivity index (χ1v) is 12.1. The summed E-state index contributed by atoms with van der Waals surface area (Å²) >= 11 is 0. The average molecular weight is 493 g/mol. The lowest BCUT2D eigenvalue weighted by molar-refractivity contribution is -0.147. The Balaban J connectivity index is 2.33. The first-order valence-electron chi connectivity index (χ1n) is 10.5. The molecule has 0 heterocycles. The number of sulfonamides is 1. The van der Waals surface area contributed by atoms with Gasteiger partial charge in [0, 0.05) is 13.0 Å². The number of carbonyl (C=O) groups excluding carboxylic acids is 1. The van der Waals surface area contributed by atoms with E-state index in [0.717, 1.165) is 35.2 Å². The molecule has 4 N–H and O–H groups in total. The number of carbonyl (C=O) groups is 1. The molecule has 2 aromatic carbocycles. The molecule has 11 heteroatoms. The van der Waals surface area contributed by atoms with Gasteiger partial charge in [-0.1, -0.05) is 30.7 Å². The van der Waals surface area contributed by atoms with Crippen molar-refractivity contribution in [1.82, 2.24) is 0 Å². The Labute approximate surface area is 198 Å². The van der Waals surface area contributed by atoms with E-state index >= 15 is 0 Å². The molecule has 0 atom stereocenters. The fraction of sp³-hybridized carbons (Fsp3) is 0.348. The van der Waals surface area contributed by atoms with Gasteiger partial charge in [0.1, 0.15) is 36.4 Å². The van der Waals surface area contributed by atoms with Gasteiger partial charge in [0.05, 0.1) is 4.90 Å². The second kappa shape index (κ2) is 12.4. The number of nitrogens with zero attached hydrogens (tertiary/aromatic N) is 2. The monoisotopic (exact) mass is 492 g/mol. The highest BCUT2D eigenvalue weighted by molar-refractivity contribution is 7.89. The van der Waals surface area contributed by atoms with Gasteiger partial charge in [0.25, 0.3) is 0 Å². The summed E-state index contributed by atoms with van der Waals surface area (Å²) in [5, 5.41) is 5.05. The Morgan fingerprint density at radius 2 is 1.85 bits per heavy atom. The number of benzene rings is 2. The van der Waals surface area contributed by atoms with Gasteiger partial charge in [0.15, 0.2) is 0 Å². The maximum Gasteiger partial charge on any atom is 0.332 e. The van der Waals surface area contributed by atoms with Crippen LogP contribution in [0, 0.1) is 19.7 Å². The van der Waals surface area contributed by atoms with E-state index in [2.05, 4.69) is 9.98 Å². The molecule has 0 bridgehead atoms. The van der Waals surface area contributed by atoms with Crippen molar-refractivity contribution >= 4 is 33.4 Å². The Morgan fingerprint density at radius 1 is 1.12 bits per heavy atom. The number of primary sulfonamides is 1. The van der Waals surface area contributed by atoms with E-state index in [4.69, 9.17) is 20.3 Å². The van der Waals surface area contributed by atoms with Crippen LogP contribution < -0.4 is 10.9 Å². The molecule has 0 unspecified atom stereocenters. The highest BCUT2D eigenvalue weighted by Crippen LogP contribution is 2.22. The summed E-state index contributed by atoms with van der Waals surface area (Å²) in [5.41, 5.74) is 8.66. The molecule has 0 saturated carbocycles. The van der Waals surface area contributed by atoms with Crippen molar-refractivity contribution in [1.29, 1.82) is 0 Å². The van der Waals surface area contributed by atoms with Crippen LogP contribution in [-0.2, 0) is 30.7 Å². The van der Waals surface area contributed by atoms with Gasteiger partial charge < -0.3 is 15.2 Å². The smallest absolute Gasteiger partial charge is 0.332 e. The summed E-state index contributed by atoms with van der Waals surface area (Å²) in [5.74, 6) is -1.39. The molecule has 9 nitrogen and oxygen atoms in total. The number of halogens is 1. The van der Waals surface area contributed by atoms with Crippen LogP contribution in [0.4, 0.5) is 10.1 Å². The van der Waals surface area contributed by atoms with Crippen molar-refractivity contribution < 1.29 is 27.1 Å². The lowest BCUT2D eigenvalue weighted by atomic mass is 10.0. The summed E-state index contributed by atoms with van der Waals surface area (Å²) in [7, 11) is -4.07. The number of aliphatic imine (C=N–C) groups is 2. The molecule has 0 amide bonds. The highest BCUT2D eigenvalue weighted by Gasteiger charge is 2.13. The maximum atomic E-state index is 14.6. The lowest BCUT2D eigenvalue weighted by Gasteiger charge is -2.10. The van der Waals surface area contributed by atoms with E-state index in [1.165, 1.54) is 6.07 Å². The third-order valence-corrected chi connectivity index (χ3v) is 5.48. The molecular weight excluding hydrogens is 463 g/mol. The van der Waals surface area contributed by atoms with Crippen LogP contribution in [0.2, 0.25) is 0 Å². The normalized spacial score (nSPS) is 12.6. The zero-order valence-electron chi connectivity index (χ0n) is 19.4. The zero-order valence-corrected chi connectivity index (χ0v) is 20.2. The molecule has 2 aromatic rings. The van der Waals surface area contributed by atoms with Crippen LogP contribution in [0.25, 0.3) is 0 Å². The van der Waals surface area contributed by atoms with Gasteiger partial charge >= 0.3 is 5.97 Å². The summed E-state index contributed by atoms with van der Waals surface area (Å²) in [6, 6.07) is 8.97. The van der Waals surface area contributed by atoms with Crippen LogP contribution in [-0.4, -0.2) is 45.9 Å². The molecular formula is C23H29FN4O5S. The lowest BCUT2D eigenvalue weighted by Crippen LogP contribution is -2.25. The summed E-state index contributed by atoms with van der Waals surface area (Å²) in [4.78, 5) is 19.8. The Bertz CT molecular complexity index is 1200. The fourth-order valence-corrected chi connectivity index (χ4v) is 3.38. The van der Waals surface area contributed by atoms with Crippen LogP contribution >= 0.6 is 0 Å². The van der Waals surface area contributed by atoms with Crippen LogP contribution in [0.1, 0.15) is 30.0 Å². The zero-order chi connectivity index (χ0) is 25.3. The number of rotatable bonds is 10. The molecule has 0 fully saturated rings. The van der Waals surface area contributed by atoms with Crippen molar-refractivity contribution in [2.24, 2.45) is 20.9 Å². The van der Waals surface area contributed by atoms with Gasteiger partial charge in [-0.2, -0.15) is 0 Å². The van der Waals surface area contributed by atoms with Crippen LogP contribution in [0.3, 0.4) is 0 Å². The van der Waals surface area contributed by atoms with E-state index in [1.54, 1.807) is 0 Å². The molecule has 0 radical (unpaired) electrons. The number of hydrogen-bond donors (Lipinski definition) is 2. The fourth-order valence-electron chi connectivity index (χ4n) is 2.85. The number of amidine groups is 2. The van der Waals surface area contributed by atoms with Gasteiger partial charge in [-0.15, -0.1) is 0 Å². The van der Waals surface area contributed by atoms with Gasteiger partial charge in [0.2, 0.25) is 10.0 Å². The second-order valence-electron chi connectivity index (χ2n) is 7.61. The highest BCUT2D eigenvalue weighted by atomic mass is 32.2. The van der Waals surface area contributed by atoms with Crippen molar-refractivity contribution in [2.75, 3.05) is 19.8 Å². The van der Waals surface area contributed by atoms with E-state index in [9.17, 15) is 17.6 Å². The van der Waals surface area contributed by atoms with Crippen molar-refractivity contribution in [3.05, 3.63) is 58.9 Å². The van der Waals surface area contributed by atoms with E-state index < -0.39 is 21.8 Å². The van der Waals surface area contributed by atoms with Crippen molar-refractivity contribution in [3.63, 3.8) is 0 Å². The van der Waals surface area contributed by atoms with Crippen LogP contribution in [0.5, 0.6) is 0 Å². The number of esters is 1. The topological polar surface area (TPSA) is 146 Å². The minimum atomic E-state index is -4.07. The predicted molar refractivity (Wildman–Crippen MR) is 128 cm³/mol. The Kier molecular flexibility index (Phi) is 9.84. The number of nitrogens with two attached hydrogens (primary N) is 2. The summed E-state index contributed by atoms with van der Waals surface area (Å²) in [6.07, 6.45) is 0.974. The second-order valence-corrected chi connectivity index (χ2v) is 9.17. The molecule has 184 valence electrons. The third kappa shape index (κ3) is 8.65. The summed E-state index contributed by atoms with van der Waals surface area (Å²) in [6.45, 7) is 5.69. The first-order chi connectivity index (χ1) is 16.0. The van der Waals surface area contributed by atoms with Gasteiger partial charge in [-0.25, -0.2) is 32.7 Å². The maximum absolute atomic E-state index is 14.6. The minimum Gasteiger partial charge on any atom is -0.456 e. The number of hydrogen-bond acceptors (Lipinski definition) is 6. The largest absolute Gasteiger partial charge is 0.456 e. The third-order valence-electron chi connectivity index (χ3n) is 4.57. The van der Waals surface area contributed by atoms with Gasteiger partial charge in [-0.3, -0.25) is 0 Å². The predicted octanol–water partition coefficient (Wildman–Crippen LogP) is 2.69. The first kappa shape index (κ1) is 27.1. The average Bonchev–Trinajstić information content (AvgIpc) is 2.75. The van der Waals surface area contributed by atoms with Crippen molar-refractivity contribution in [3.8, 4) is 0 Å². The molecule has 0 aliphatic rings. The van der Waals surface area contributed by atoms with Gasteiger partial charge in [-0.05, 0) is 49.6 Å². The number of ether oxygens (including phenoxy) is 2. The van der Waals surface area contributed by atoms with Crippen molar-refractivity contribution in [2.45, 2.75) is 38.5 Å². The van der Waals surface area contributed by atoms with E-state index in [1.807, 2.05) is 39.0 Å². The molecule has 2 rings (SSSR count). The minimum absolute atomic E-state index is 0.0468. The molecule has 0 aliphatic heterocycles. The molecule has 0 aromatic heterocycles. The molecule has 0 spiro atoms. The molecule has 34 heavy (non-hydrogen) atoms. The summed E-state index contributed by atoms with van der Waals surface area (Å²) < 4.78 is 47.7. The van der Waals surface area contributed by atoms with Crippen LogP contribution in [0.15, 0.2) is 51.3 Å². The standard InChI is InChI=1S/C23H29FN4O5S/c1-4-9-32-14-23(29)33-13-21(25)28-22(11-17-10-15(2)5-6-16(17)3)27-20-8-7-18(12-19(20)24)34(26,30)31/h5-8,10,12H,4,9,11,13-14H2,1-3H3,(H2,25,27,28)(H2,26,30,31).